The predicted molar refractivity (Wildman–Crippen MR) is 105 cm³/mol. The maximum atomic E-state index is 12.1. The first-order chi connectivity index (χ1) is 13.0. The van der Waals surface area contributed by atoms with E-state index in [1.807, 2.05) is 4.68 Å². The van der Waals surface area contributed by atoms with Crippen molar-refractivity contribution in [3.05, 3.63) is 52.1 Å². The number of carbonyl (C=O) groups excluding carboxylic acids is 2. The van der Waals surface area contributed by atoms with Crippen LogP contribution >= 0.6 is 23.2 Å². The predicted octanol–water partition coefficient (Wildman–Crippen LogP) is 4.50. The minimum atomic E-state index is -0.662. The van der Waals surface area contributed by atoms with Crippen LogP contribution in [0.5, 0.6) is 0 Å². The summed E-state index contributed by atoms with van der Waals surface area (Å²) < 4.78 is 6.79. The maximum absolute atomic E-state index is 12.1. The van der Waals surface area contributed by atoms with E-state index in [1.54, 1.807) is 30.5 Å². The average molecular weight is 408 g/mol. The lowest BCUT2D eigenvalue weighted by atomic mass is 10.2. The van der Waals surface area contributed by atoms with Crippen molar-refractivity contribution in [2.75, 3.05) is 11.9 Å². The number of ether oxygens (including phenoxy) is 1. The lowest BCUT2D eigenvalue weighted by Gasteiger charge is -2.14. The molecule has 1 aliphatic rings. The van der Waals surface area contributed by atoms with Gasteiger partial charge in [-0.05, 0) is 31.1 Å². The molecule has 1 aromatic heterocycles. The van der Waals surface area contributed by atoms with Crippen molar-refractivity contribution in [1.29, 1.82) is 0 Å². The highest BCUT2D eigenvalue weighted by molar-refractivity contribution is 6.37. The number of amides is 1. The summed E-state index contributed by atoms with van der Waals surface area (Å²) in [5, 5.41) is 7.86. The summed E-state index contributed by atoms with van der Waals surface area (Å²) in [6.45, 7) is -0.394. The van der Waals surface area contributed by atoms with Gasteiger partial charge in [0, 0.05) is 27.8 Å². The van der Waals surface area contributed by atoms with Crippen LogP contribution in [0.1, 0.15) is 37.3 Å². The number of anilines is 1. The van der Waals surface area contributed by atoms with Gasteiger partial charge in [-0.2, -0.15) is 5.10 Å². The third kappa shape index (κ3) is 5.11. The molecule has 1 amide bonds. The van der Waals surface area contributed by atoms with Gasteiger partial charge in [-0.1, -0.05) is 42.1 Å². The molecule has 6 nitrogen and oxygen atoms in total. The minimum absolute atomic E-state index is 0.307. The van der Waals surface area contributed by atoms with Gasteiger partial charge in [0.2, 0.25) is 0 Å². The van der Waals surface area contributed by atoms with Crippen LogP contribution in [0.15, 0.2) is 36.5 Å². The summed E-state index contributed by atoms with van der Waals surface area (Å²) in [5.74, 6) is -0.473. The van der Waals surface area contributed by atoms with Gasteiger partial charge in [0.1, 0.15) is 5.82 Å². The van der Waals surface area contributed by atoms with Crippen LogP contribution in [-0.4, -0.2) is 28.3 Å². The second-order valence-electron chi connectivity index (χ2n) is 6.22. The van der Waals surface area contributed by atoms with E-state index in [2.05, 4.69) is 10.4 Å². The van der Waals surface area contributed by atoms with E-state index >= 15 is 0 Å². The fourth-order valence-corrected chi connectivity index (χ4v) is 3.56. The minimum Gasteiger partial charge on any atom is -0.452 e. The van der Waals surface area contributed by atoms with E-state index in [9.17, 15) is 9.59 Å². The molecule has 27 heavy (non-hydrogen) atoms. The molecule has 1 aliphatic carbocycles. The Hall–Kier alpha value is -2.31. The van der Waals surface area contributed by atoms with Crippen LogP contribution in [0.2, 0.25) is 10.0 Å². The molecule has 0 saturated heterocycles. The molecule has 1 fully saturated rings. The fourth-order valence-electron chi connectivity index (χ4n) is 3.04. The molecular weight excluding hydrogens is 389 g/mol. The van der Waals surface area contributed by atoms with Crippen molar-refractivity contribution in [2.45, 2.75) is 31.7 Å². The molecule has 0 atom stereocenters. The molecule has 8 heteroatoms. The Kier molecular flexibility index (Phi) is 6.53. The van der Waals surface area contributed by atoms with E-state index < -0.39 is 18.5 Å². The second kappa shape index (κ2) is 9.06. The molecule has 0 spiro atoms. The Labute approximate surface area is 167 Å². The summed E-state index contributed by atoms with van der Waals surface area (Å²) in [6, 6.07) is 7.08. The Morgan fingerprint density at radius 2 is 1.93 bits per heavy atom. The van der Waals surface area contributed by atoms with Gasteiger partial charge in [-0.25, -0.2) is 9.48 Å². The average Bonchev–Trinajstić information content (AvgIpc) is 3.31. The van der Waals surface area contributed by atoms with E-state index in [0.29, 0.717) is 27.5 Å². The second-order valence-corrected chi connectivity index (χ2v) is 7.04. The number of nitrogens with one attached hydrogen (secondary N) is 1. The summed E-state index contributed by atoms with van der Waals surface area (Å²) in [6.07, 6.45) is 8.72. The highest BCUT2D eigenvalue weighted by atomic mass is 35.5. The number of carbonyl (C=O) groups is 2. The van der Waals surface area contributed by atoms with Crippen LogP contribution in [0.25, 0.3) is 6.08 Å². The van der Waals surface area contributed by atoms with Gasteiger partial charge < -0.3 is 10.1 Å². The summed E-state index contributed by atoms with van der Waals surface area (Å²) in [5.41, 5.74) is 0.516. The Morgan fingerprint density at radius 1 is 1.22 bits per heavy atom. The van der Waals surface area contributed by atoms with E-state index in [1.165, 1.54) is 12.2 Å². The first-order valence-corrected chi connectivity index (χ1v) is 9.42. The van der Waals surface area contributed by atoms with Gasteiger partial charge in [-0.3, -0.25) is 4.79 Å². The van der Waals surface area contributed by atoms with Crippen LogP contribution < -0.4 is 5.32 Å². The molecule has 0 bridgehead atoms. The SMILES string of the molecule is O=C(COC(=O)/C=C/c1c(Cl)cccc1Cl)Nc1ccnn1C1CCCC1. The third-order valence-electron chi connectivity index (χ3n) is 4.34. The number of hydrogen-bond acceptors (Lipinski definition) is 4. The zero-order valence-electron chi connectivity index (χ0n) is 14.5. The van der Waals surface area contributed by atoms with Crippen molar-refractivity contribution >= 4 is 47.0 Å². The molecule has 2 aromatic rings. The Balaban J connectivity index is 1.51. The number of aromatic nitrogens is 2. The van der Waals surface area contributed by atoms with Crippen LogP contribution in [0, 0.1) is 0 Å². The molecular formula is C19H19Cl2N3O3. The van der Waals surface area contributed by atoms with Crippen molar-refractivity contribution in [1.82, 2.24) is 9.78 Å². The molecule has 3 rings (SSSR count). The number of hydrogen-bond donors (Lipinski definition) is 1. The van der Waals surface area contributed by atoms with Gasteiger partial charge in [0.25, 0.3) is 5.91 Å². The molecule has 0 radical (unpaired) electrons. The van der Waals surface area contributed by atoms with Crippen molar-refractivity contribution in [2.24, 2.45) is 0 Å². The fraction of sp³-hybridized carbons (Fsp3) is 0.316. The highest BCUT2D eigenvalue weighted by Gasteiger charge is 2.20. The molecule has 1 saturated carbocycles. The number of halogens is 2. The van der Waals surface area contributed by atoms with Crippen molar-refractivity contribution in [3.8, 4) is 0 Å². The van der Waals surface area contributed by atoms with Crippen LogP contribution in [0.3, 0.4) is 0 Å². The molecule has 0 unspecified atom stereocenters. The van der Waals surface area contributed by atoms with E-state index in [4.69, 9.17) is 27.9 Å². The monoisotopic (exact) mass is 407 g/mol. The molecule has 142 valence electrons. The lowest BCUT2D eigenvalue weighted by molar-refractivity contribution is -0.142. The smallest absolute Gasteiger partial charge is 0.331 e. The number of rotatable bonds is 6. The highest BCUT2D eigenvalue weighted by Crippen LogP contribution is 2.31. The normalized spacial score (nSPS) is 14.6. The van der Waals surface area contributed by atoms with Gasteiger partial charge in [-0.15, -0.1) is 0 Å². The van der Waals surface area contributed by atoms with E-state index in [-0.39, 0.29) is 0 Å². The van der Waals surface area contributed by atoms with Crippen LogP contribution in [0.4, 0.5) is 5.82 Å². The molecule has 1 aromatic carbocycles. The first-order valence-electron chi connectivity index (χ1n) is 8.67. The Bertz CT molecular complexity index is 837. The number of nitrogens with zero attached hydrogens (tertiary/aromatic N) is 2. The van der Waals surface area contributed by atoms with Crippen molar-refractivity contribution in [3.63, 3.8) is 0 Å². The topological polar surface area (TPSA) is 73.2 Å². The summed E-state index contributed by atoms with van der Waals surface area (Å²) >= 11 is 12.1. The van der Waals surface area contributed by atoms with Crippen LogP contribution in [-0.2, 0) is 14.3 Å². The van der Waals surface area contributed by atoms with Gasteiger partial charge >= 0.3 is 5.97 Å². The van der Waals surface area contributed by atoms with E-state index in [0.717, 1.165) is 25.7 Å². The number of benzene rings is 1. The Morgan fingerprint density at radius 3 is 2.63 bits per heavy atom. The third-order valence-corrected chi connectivity index (χ3v) is 5.00. The van der Waals surface area contributed by atoms with Crippen molar-refractivity contribution < 1.29 is 14.3 Å². The number of esters is 1. The standard InChI is InChI=1S/C19H19Cl2N3O3/c20-15-6-3-7-16(21)14(15)8-9-19(26)27-12-18(25)23-17-10-11-22-24(17)13-4-1-2-5-13/h3,6-11,13H,1-2,4-5,12H2,(H,23,25)/b9-8+. The largest absolute Gasteiger partial charge is 0.452 e. The molecule has 1 heterocycles. The molecule has 0 aliphatic heterocycles. The first kappa shape index (κ1) is 19.5. The van der Waals surface area contributed by atoms with Gasteiger partial charge in [0.15, 0.2) is 6.61 Å². The molecule has 1 N–H and O–H groups in total. The lowest BCUT2D eigenvalue weighted by Crippen LogP contribution is -2.22. The zero-order valence-corrected chi connectivity index (χ0v) is 16.0. The van der Waals surface area contributed by atoms with Gasteiger partial charge in [0.05, 0.1) is 12.2 Å². The maximum Gasteiger partial charge on any atom is 0.331 e. The summed E-state index contributed by atoms with van der Waals surface area (Å²) in [4.78, 5) is 23.9. The summed E-state index contributed by atoms with van der Waals surface area (Å²) in [7, 11) is 0. The zero-order chi connectivity index (χ0) is 19.2. The quantitative estimate of drug-likeness (QED) is 0.564.